The molecule has 0 aliphatic carbocycles. The van der Waals surface area contributed by atoms with Crippen molar-refractivity contribution in [1.29, 1.82) is 0 Å². The van der Waals surface area contributed by atoms with E-state index >= 15 is 0 Å². The molecule has 0 saturated carbocycles. The molecule has 3 atom stereocenters. The quantitative estimate of drug-likeness (QED) is 0.449. The minimum absolute atomic E-state index is 0.0214. The first-order valence-electron chi connectivity index (χ1n) is 10.9. The standard InChI is InChI=1S/C22H24F4N8O2/c1-20(27)6-9-34(11-16(20)23)14-4-2-8-30-18(14)33-19(35)21(28)12-31-13(10-32-21)17-15(5-3-7-29-17)36-22(24,25)26/h2-5,7-8,10,12,16,32H,6,9,11,27-28H2,1H3,(H,30,33,35). The first-order chi connectivity index (χ1) is 16.9. The van der Waals surface area contributed by atoms with Crippen LogP contribution in [0.2, 0.25) is 0 Å². The number of rotatable bonds is 5. The third kappa shape index (κ3) is 5.39. The zero-order valence-corrected chi connectivity index (χ0v) is 19.1. The van der Waals surface area contributed by atoms with E-state index in [1.807, 2.05) is 0 Å². The molecule has 2 aromatic heterocycles. The van der Waals surface area contributed by atoms with Crippen molar-refractivity contribution in [3.63, 3.8) is 0 Å². The summed E-state index contributed by atoms with van der Waals surface area (Å²) in [6.07, 6.45) is -0.909. The van der Waals surface area contributed by atoms with Gasteiger partial charge in [-0.1, -0.05) is 0 Å². The van der Waals surface area contributed by atoms with Crippen molar-refractivity contribution in [3.8, 4) is 5.75 Å². The van der Waals surface area contributed by atoms with Crippen LogP contribution in [0.15, 0.2) is 47.9 Å². The first-order valence-corrected chi connectivity index (χ1v) is 10.9. The molecule has 14 heteroatoms. The summed E-state index contributed by atoms with van der Waals surface area (Å²) in [6, 6.07) is 5.69. The molecule has 192 valence electrons. The number of nitrogens with zero attached hydrogens (tertiary/aromatic N) is 4. The third-order valence-electron chi connectivity index (χ3n) is 5.85. The van der Waals surface area contributed by atoms with Gasteiger partial charge >= 0.3 is 6.36 Å². The number of ether oxygens (including phenoxy) is 1. The molecule has 1 saturated heterocycles. The number of hydrogen-bond acceptors (Lipinski definition) is 9. The maximum absolute atomic E-state index is 14.5. The SMILES string of the molecule is CC1(N)CCN(c2cccnc2NC(=O)C2(N)C=NC(c3ncccc3OC(F)(F)F)=CN2)CC1F. The van der Waals surface area contributed by atoms with E-state index in [0.29, 0.717) is 18.7 Å². The molecule has 0 spiro atoms. The van der Waals surface area contributed by atoms with E-state index in [2.05, 4.69) is 30.3 Å². The summed E-state index contributed by atoms with van der Waals surface area (Å²) in [7, 11) is 0. The Morgan fingerprint density at radius 3 is 2.64 bits per heavy atom. The largest absolute Gasteiger partial charge is 0.573 e. The smallest absolute Gasteiger partial charge is 0.403 e. The van der Waals surface area contributed by atoms with Crippen molar-refractivity contribution >= 4 is 29.3 Å². The number of halogens is 4. The monoisotopic (exact) mass is 508 g/mol. The lowest BCUT2D eigenvalue weighted by atomic mass is 9.89. The number of alkyl halides is 4. The van der Waals surface area contributed by atoms with Gasteiger partial charge in [-0.15, -0.1) is 13.2 Å². The van der Waals surface area contributed by atoms with E-state index in [1.165, 1.54) is 18.5 Å². The Labute approximate surface area is 203 Å². The molecule has 4 rings (SSSR count). The molecular weight excluding hydrogens is 484 g/mol. The molecule has 1 fully saturated rings. The number of pyridine rings is 2. The molecule has 4 heterocycles. The van der Waals surface area contributed by atoms with Gasteiger partial charge in [0.05, 0.1) is 18.4 Å². The fourth-order valence-corrected chi connectivity index (χ4v) is 3.68. The Kier molecular flexibility index (Phi) is 6.58. The van der Waals surface area contributed by atoms with Crippen molar-refractivity contribution in [1.82, 2.24) is 15.3 Å². The van der Waals surface area contributed by atoms with Crippen LogP contribution in [0.5, 0.6) is 5.75 Å². The van der Waals surface area contributed by atoms with Gasteiger partial charge in [0.1, 0.15) is 17.6 Å². The van der Waals surface area contributed by atoms with E-state index in [0.717, 1.165) is 18.5 Å². The van der Waals surface area contributed by atoms with E-state index in [4.69, 9.17) is 11.5 Å². The maximum atomic E-state index is 14.5. The van der Waals surface area contributed by atoms with Gasteiger partial charge in [-0.3, -0.25) is 20.5 Å². The fraction of sp³-hybridized carbons (Fsp3) is 0.364. The van der Waals surface area contributed by atoms with Gasteiger partial charge in [0.15, 0.2) is 11.6 Å². The van der Waals surface area contributed by atoms with Crippen molar-refractivity contribution < 1.29 is 27.1 Å². The number of carbonyl (C=O) groups excluding carboxylic acids is 1. The van der Waals surface area contributed by atoms with Gasteiger partial charge < -0.3 is 26.0 Å². The van der Waals surface area contributed by atoms with Crippen LogP contribution in [-0.2, 0) is 4.79 Å². The lowest BCUT2D eigenvalue weighted by molar-refractivity contribution is -0.274. The second kappa shape index (κ2) is 9.35. The minimum Gasteiger partial charge on any atom is -0.403 e. The molecule has 1 amide bonds. The Morgan fingerprint density at radius 2 is 1.97 bits per heavy atom. The number of nitrogens with two attached hydrogens (primary N) is 2. The first kappa shape index (κ1) is 25.3. The molecule has 6 N–H and O–H groups in total. The van der Waals surface area contributed by atoms with Gasteiger partial charge in [0, 0.05) is 30.7 Å². The third-order valence-corrected chi connectivity index (χ3v) is 5.85. The van der Waals surface area contributed by atoms with E-state index in [-0.39, 0.29) is 23.8 Å². The number of carbonyl (C=O) groups is 1. The second-order valence-corrected chi connectivity index (χ2v) is 8.69. The topological polar surface area (TPSA) is 144 Å². The van der Waals surface area contributed by atoms with E-state index in [9.17, 15) is 22.4 Å². The highest BCUT2D eigenvalue weighted by Crippen LogP contribution is 2.32. The van der Waals surface area contributed by atoms with Crippen molar-refractivity contribution in [2.75, 3.05) is 23.3 Å². The van der Waals surface area contributed by atoms with E-state index < -0.39 is 35.4 Å². The summed E-state index contributed by atoms with van der Waals surface area (Å²) < 4.78 is 56.7. The molecule has 0 bridgehead atoms. The van der Waals surface area contributed by atoms with Crippen LogP contribution < -0.4 is 31.7 Å². The molecular formula is C22H24F4N8O2. The molecule has 0 radical (unpaired) electrons. The average Bonchev–Trinajstić information content (AvgIpc) is 2.81. The summed E-state index contributed by atoms with van der Waals surface area (Å²) in [5.41, 5.74) is 9.58. The van der Waals surface area contributed by atoms with Gasteiger partial charge in [0.2, 0.25) is 5.66 Å². The Balaban J connectivity index is 1.49. The van der Waals surface area contributed by atoms with Crippen LogP contribution in [0.25, 0.3) is 5.70 Å². The summed E-state index contributed by atoms with van der Waals surface area (Å²) in [4.78, 5) is 26.9. The number of aliphatic imine (C=N–C) groups is 1. The molecule has 0 aromatic carbocycles. The predicted octanol–water partition coefficient (Wildman–Crippen LogP) is 1.91. The Hall–Kier alpha value is -3.78. The number of aromatic nitrogens is 2. The van der Waals surface area contributed by atoms with Crippen LogP contribution in [0, 0.1) is 0 Å². The molecule has 2 aliphatic heterocycles. The lowest BCUT2D eigenvalue weighted by Crippen LogP contribution is -2.62. The minimum atomic E-state index is -4.93. The molecule has 2 aliphatic rings. The molecule has 36 heavy (non-hydrogen) atoms. The highest BCUT2D eigenvalue weighted by Gasteiger charge is 2.39. The number of piperidine rings is 1. The summed E-state index contributed by atoms with van der Waals surface area (Å²) in [5.74, 6) is -1.17. The Bertz CT molecular complexity index is 1200. The zero-order chi connectivity index (χ0) is 26.1. The highest BCUT2D eigenvalue weighted by atomic mass is 19.4. The summed E-state index contributed by atoms with van der Waals surface area (Å²) in [5, 5.41) is 5.24. The van der Waals surface area contributed by atoms with Crippen molar-refractivity contribution in [3.05, 3.63) is 48.6 Å². The Morgan fingerprint density at radius 1 is 1.25 bits per heavy atom. The van der Waals surface area contributed by atoms with Crippen LogP contribution in [0.3, 0.4) is 0 Å². The fourth-order valence-electron chi connectivity index (χ4n) is 3.68. The molecule has 3 unspecified atom stereocenters. The summed E-state index contributed by atoms with van der Waals surface area (Å²) >= 11 is 0. The number of amides is 1. The van der Waals surface area contributed by atoms with Crippen molar-refractivity contribution in [2.45, 2.75) is 37.1 Å². The number of anilines is 2. The van der Waals surface area contributed by atoms with Crippen LogP contribution in [0.4, 0.5) is 29.1 Å². The lowest BCUT2D eigenvalue weighted by Gasteiger charge is -2.41. The van der Waals surface area contributed by atoms with Gasteiger partial charge in [-0.05, 0) is 37.6 Å². The molecule has 10 nitrogen and oxygen atoms in total. The van der Waals surface area contributed by atoms with Crippen LogP contribution in [-0.4, -0.2) is 58.9 Å². The molecule has 2 aromatic rings. The van der Waals surface area contributed by atoms with Crippen molar-refractivity contribution in [2.24, 2.45) is 16.5 Å². The normalized spacial score (nSPS) is 26.1. The van der Waals surface area contributed by atoms with Gasteiger partial charge in [0.25, 0.3) is 5.91 Å². The highest BCUT2D eigenvalue weighted by molar-refractivity contribution is 6.11. The number of nitrogens with one attached hydrogen (secondary N) is 2. The van der Waals surface area contributed by atoms with Gasteiger partial charge in [-0.25, -0.2) is 9.37 Å². The average molecular weight is 508 g/mol. The maximum Gasteiger partial charge on any atom is 0.573 e. The van der Waals surface area contributed by atoms with Crippen LogP contribution in [0.1, 0.15) is 19.0 Å². The summed E-state index contributed by atoms with van der Waals surface area (Å²) in [6.45, 7) is 2.12. The van der Waals surface area contributed by atoms with E-state index in [1.54, 1.807) is 24.0 Å². The predicted molar refractivity (Wildman–Crippen MR) is 125 cm³/mol. The second-order valence-electron chi connectivity index (χ2n) is 8.69. The van der Waals surface area contributed by atoms with Crippen LogP contribution >= 0.6 is 0 Å². The zero-order valence-electron chi connectivity index (χ0n) is 19.1. The van der Waals surface area contributed by atoms with Gasteiger partial charge in [-0.2, -0.15) is 0 Å². The number of hydrogen-bond donors (Lipinski definition) is 4.